The van der Waals surface area contributed by atoms with Gasteiger partial charge in [-0.15, -0.1) is 0 Å². The second kappa shape index (κ2) is 9.23. The molecule has 2 amide bonds. The third-order valence-electron chi connectivity index (χ3n) is 5.02. The van der Waals surface area contributed by atoms with Gasteiger partial charge in [-0.05, 0) is 68.0 Å². The molecule has 0 unspecified atom stereocenters. The lowest BCUT2D eigenvalue weighted by Crippen LogP contribution is -2.54. The highest BCUT2D eigenvalue weighted by atomic mass is 32.1. The van der Waals surface area contributed by atoms with Crippen molar-refractivity contribution in [2.45, 2.75) is 13.8 Å². The molecule has 0 aliphatic carbocycles. The van der Waals surface area contributed by atoms with Gasteiger partial charge in [0, 0.05) is 24.2 Å². The number of rotatable bonds is 6. The largest absolute Gasteiger partial charge is 0.465 e. The van der Waals surface area contributed by atoms with Gasteiger partial charge in [-0.2, -0.15) is 0 Å². The van der Waals surface area contributed by atoms with Crippen molar-refractivity contribution < 1.29 is 23.9 Å². The molecule has 2 heterocycles. The zero-order valence-corrected chi connectivity index (χ0v) is 18.5. The van der Waals surface area contributed by atoms with E-state index in [2.05, 4.69) is 5.32 Å². The standard InChI is InChI=1S/C22H23N3O5S/c1-13-11-16(12-18-19(26)23-22(31)24(20(18)27)9-10-29-3)14(2)25(13)17-7-5-15(6-8-17)21(28)30-4/h5-8,11-12H,9-10H2,1-4H3,(H,23,26,31)/b18-12+. The second-order valence-electron chi connectivity index (χ2n) is 6.97. The van der Waals surface area contributed by atoms with Crippen LogP contribution in [0.1, 0.15) is 27.3 Å². The maximum Gasteiger partial charge on any atom is 0.337 e. The number of carbonyl (C=O) groups excluding carboxylic acids is 3. The Kier molecular flexibility index (Phi) is 6.67. The normalized spacial score (nSPS) is 15.4. The molecule has 1 aromatic carbocycles. The summed E-state index contributed by atoms with van der Waals surface area (Å²) in [4.78, 5) is 38.3. The fourth-order valence-electron chi connectivity index (χ4n) is 3.43. The van der Waals surface area contributed by atoms with Gasteiger partial charge in [0.2, 0.25) is 0 Å². The number of hydrogen-bond acceptors (Lipinski definition) is 6. The number of amides is 2. The van der Waals surface area contributed by atoms with Crippen molar-refractivity contribution in [3.05, 3.63) is 58.4 Å². The summed E-state index contributed by atoms with van der Waals surface area (Å²) in [7, 11) is 2.86. The molecular weight excluding hydrogens is 418 g/mol. The van der Waals surface area contributed by atoms with Crippen molar-refractivity contribution in [1.82, 2.24) is 14.8 Å². The van der Waals surface area contributed by atoms with Crippen LogP contribution in [-0.4, -0.2) is 59.7 Å². The number of benzene rings is 1. The Morgan fingerprint density at radius 3 is 2.45 bits per heavy atom. The van der Waals surface area contributed by atoms with Gasteiger partial charge in [-0.1, -0.05) is 0 Å². The zero-order chi connectivity index (χ0) is 22.7. The van der Waals surface area contributed by atoms with Gasteiger partial charge in [0.25, 0.3) is 11.8 Å². The molecule has 0 atom stereocenters. The molecule has 162 valence electrons. The molecule has 1 saturated heterocycles. The van der Waals surface area contributed by atoms with Gasteiger partial charge < -0.3 is 14.0 Å². The molecule has 1 fully saturated rings. The molecule has 1 N–H and O–H groups in total. The van der Waals surface area contributed by atoms with Gasteiger partial charge in [0.1, 0.15) is 5.57 Å². The summed E-state index contributed by atoms with van der Waals surface area (Å²) in [6.45, 7) is 4.36. The highest BCUT2D eigenvalue weighted by Gasteiger charge is 2.33. The predicted octanol–water partition coefficient (Wildman–Crippen LogP) is 2.15. The number of methoxy groups -OCH3 is 2. The quantitative estimate of drug-likeness (QED) is 0.320. The second-order valence-corrected chi connectivity index (χ2v) is 7.35. The number of nitrogens with zero attached hydrogens (tertiary/aromatic N) is 2. The van der Waals surface area contributed by atoms with E-state index in [9.17, 15) is 14.4 Å². The first kappa shape index (κ1) is 22.4. The molecule has 1 aliphatic rings. The van der Waals surface area contributed by atoms with Gasteiger partial charge in [-0.3, -0.25) is 19.8 Å². The van der Waals surface area contributed by atoms with E-state index in [0.717, 1.165) is 22.6 Å². The highest BCUT2D eigenvalue weighted by Crippen LogP contribution is 2.24. The van der Waals surface area contributed by atoms with E-state index in [1.54, 1.807) is 18.2 Å². The highest BCUT2D eigenvalue weighted by molar-refractivity contribution is 7.80. The summed E-state index contributed by atoms with van der Waals surface area (Å²) < 4.78 is 11.7. The lowest BCUT2D eigenvalue weighted by Gasteiger charge is -2.28. The molecule has 1 aromatic heterocycles. The minimum atomic E-state index is -0.532. The molecule has 9 heteroatoms. The van der Waals surface area contributed by atoms with Crippen molar-refractivity contribution in [2.75, 3.05) is 27.4 Å². The molecule has 0 saturated carbocycles. The van der Waals surface area contributed by atoms with E-state index in [-0.39, 0.29) is 17.2 Å². The Labute approximate surface area is 185 Å². The van der Waals surface area contributed by atoms with Gasteiger partial charge >= 0.3 is 5.97 Å². The van der Waals surface area contributed by atoms with Crippen LogP contribution in [0.15, 0.2) is 35.9 Å². The van der Waals surface area contributed by atoms with Crippen LogP contribution in [0.4, 0.5) is 0 Å². The number of aromatic nitrogens is 1. The summed E-state index contributed by atoms with van der Waals surface area (Å²) in [5, 5.41) is 2.63. The Balaban J connectivity index is 1.96. The zero-order valence-electron chi connectivity index (χ0n) is 17.7. The molecule has 3 rings (SSSR count). The third-order valence-corrected chi connectivity index (χ3v) is 5.34. The van der Waals surface area contributed by atoms with E-state index in [0.29, 0.717) is 12.2 Å². The molecule has 0 spiro atoms. The van der Waals surface area contributed by atoms with Crippen LogP contribution in [0.2, 0.25) is 0 Å². The van der Waals surface area contributed by atoms with E-state index in [4.69, 9.17) is 21.7 Å². The molecule has 8 nitrogen and oxygen atoms in total. The molecular formula is C22H23N3O5S. The maximum atomic E-state index is 12.9. The van der Waals surface area contributed by atoms with Crippen LogP contribution in [0, 0.1) is 13.8 Å². The van der Waals surface area contributed by atoms with Crippen molar-refractivity contribution in [3.63, 3.8) is 0 Å². The molecule has 0 bridgehead atoms. The molecule has 1 aliphatic heterocycles. The van der Waals surface area contributed by atoms with Gasteiger partial charge in [-0.25, -0.2) is 4.79 Å². The summed E-state index contributed by atoms with van der Waals surface area (Å²) in [5.74, 6) is -1.40. The van der Waals surface area contributed by atoms with Crippen LogP contribution in [0.5, 0.6) is 0 Å². The maximum absolute atomic E-state index is 12.9. The molecule has 0 radical (unpaired) electrons. The first-order chi connectivity index (χ1) is 14.8. The fourth-order valence-corrected chi connectivity index (χ4v) is 3.70. The number of ether oxygens (including phenoxy) is 2. The summed E-state index contributed by atoms with van der Waals surface area (Å²) in [6.07, 6.45) is 1.57. The topological polar surface area (TPSA) is 89.9 Å². The van der Waals surface area contributed by atoms with Crippen LogP contribution in [-0.2, 0) is 19.1 Å². The average molecular weight is 442 g/mol. The first-order valence-corrected chi connectivity index (χ1v) is 9.94. The fraction of sp³-hybridized carbons (Fsp3) is 0.273. The number of aryl methyl sites for hydroxylation is 1. The lowest BCUT2D eigenvalue weighted by atomic mass is 10.1. The van der Waals surface area contributed by atoms with E-state index < -0.39 is 17.8 Å². The monoisotopic (exact) mass is 441 g/mol. The van der Waals surface area contributed by atoms with Gasteiger partial charge in [0.05, 0.1) is 25.8 Å². The van der Waals surface area contributed by atoms with Crippen molar-refractivity contribution in [3.8, 4) is 5.69 Å². The third kappa shape index (κ3) is 4.42. The van der Waals surface area contributed by atoms with Crippen molar-refractivity contribution in [1.29, 1.82) is 0 Å². The SMILES string of the molecule is COCCN1C(=O)/C(=C/c2cc(C)n(-c3ccc(C(=O)OC)cc3)c2C)C(=O)NC1=S. The smallest absolute Gasteiger partial charge is 0.337 e. The summed E-state index contributed by atoms with van der Waals surface area (Å²) in [5.41, 5.74) is 3.78. The van der Waals surface area contributed by atoms with E-state index in [1.807, 2.05) is 36.6 Å². The first-order valence-electron chi connectivity index (χ1n) is 9.54. The molecule has 31 heavy (non-hydrogen) atoms. The van der Waals surface area contributed by atoms with Gasteiger partial charge in [0.15, 0.2) is 5.11 Å². The van der Waals surface area contributed by atoms with E-state index in [1.165, 1.54) is 19.1 Å². The number of hydrogen-bond donors (Lipinski definition) is 1. The van der Waals surface area contributed by atoms with Crippen LogP contribution in [0.3, 0.4) is 0 Å². The van der Waals surface area contributed by atoms with E-state index >= 15 is 0 Å². The summed E-state index contributed by atoms with van der Waals surface area (Å²) >= 11 is 5.12. The lowest BCUT2D eigenvalue weighted by molar-refractivity contribution is -0.129. The number of carbonyl (C=O) groups is 3. The Hall–Kier alpha value is -3.30. The number of esters is 1. The Bertz CT molecular complexity index is 1090. The predicted molar refractivity (Wildman–Crippen MR) is 119 cm³/mol. The summed E-state index contributed by atoms with van der Waals surface area (Å²) in [6, 6.07) is 8.89. The minimum absolute atomic E-state index is 0.00555. The van der Waals surface area contributed by atoms with Crippen LogP contribution in [0.25, 0.3) is 11.8 Å². The Morgan fingerprint density at radius 1 is 1.16 bits per heavy atom. The van der Waals surface area contributed by atoms with Crippen molar-refractivity contribution in [2.24, 2.45) is 0 Å². The van der Waals surface area contributed by atoms with Crippen molar-refractivity contribution >= 4 is 41.2 Å². The average Bonchev–Trinajstić information content (AvgIpc) is 3.03. The molecule has 2 aromatic rings. The number of thiocarbonyl (C=S) groups is 1. The number of nitrogens with one attached hydrogen (secondary N) is 1. The minimum Gasteiger partial charge on any atom is -0.465 e. The Morgan fingerprint density at radius 2 is 1.84 bits per heavy atom. The van der Waals surface area contributed by atoms with Crippen LogP contribution >= 0.6 is 12.2 Å². The van der Waals surface area contributed by atoms with Crippen LogP contribution < -0.4 is 5.32 Å².